The largest absolute Gasteiger partial charge is 0.399 e. The molecular weight excluding hydrogens is 276 g/mol. The lowest BCUT2D eigenvalue weighted by Gasteiger charge is -2.25. The molecule has 0 heterocycles. The first kappa shape index (κ1) is 16.0. The van der Waals surface area contributed by atoms with E-state index in [2.05, 4.69) is 18.7 Å². The van der Waals surface area contributed by atoms with Gasteiger partial charge in [-0.1, -0.05) is 6.07 Å². The highest BCUT2D eigenvalue weighted by molar-refractivity contribution is 6.18. The molecule has 0 fully saturated rings. The van der Waals surface area contributed by atoms with E-state index in [1.54, 1.807) is 6.07 Å². The summed E-state index contributed by atoms with van der Waals surface area (Å²) < 4.78 is 0. The van der Waals surface area contributed by atoms with E-state index >= 15 is 0 Å². The van der Waals surface area contributed by atoms with Crippen LogP contribution in [0.5, 0.6) is 0 Å². The van der Waals surface area contributed by atoms with Crippen LogP contribution in [0.15, 0.2) is 24.3 Å². The summed E-state index contributed by atoms with van der Waals surface area (Å²) in [5.41, 5.74) is 8.38. The Balaban J connectivity index is 2.96. The fourth-order valence-electron chi connectivity index (χ4n) is 2.91. The third-order valence-electron chi connectivity index (χ3n) is 3.97. The van der Waals surface area contributed by atoms with Gasteiger partial charge in [-0.3, -0.25) is 9.59 Å². The van der Waals surface area contributed by atoms with Crippen LogP contribution in [0.3, 0.4) is 0 Å². The molecule has 2 aromatic carbocycles. The van der Waals surface area contributed by atoms with Crippen molar-refractivity contribution in [1.29, 1.82) is 0 Å². The molecule has 0 spiro atoms. The Kier molecular flexibility index (Phi) is 4.50. The predicted octanol–water partition coefficient (Wildman–Crippen LogP) is 3.67. The summed E-state index contributed by atoms with van der Waals surface area (Å²) in [5.74, 6) is -0.227. The summed E-state index contributed by atoms with van der Waals surface area (Å²) in [4.78, 5) is 26.3. The number of nitrogens with zero attached hydrogens (tertiary/aromatic N) is 1. The summed E-state index contributed by atoms with van der Waals surface area (Å²) in [5, 5.41) is 1.70. The first-order valence-electron chi connectivity index (χ1n) is 7.53. The molecule has 0 unspecified atom stereocenters. The van der Waals surface area contributed by atoms with Crippen LogP contribution in [0.2, 0.25) is 0 Å². The Morgan fingerprint density at radius 3 is 2.14 bits per heavy atom. The zero-order chi connectivity index (χ0) is 16.4. The van der Waals surface area contributed by atoms with Crippen molar-refractivity contribution in [2.24, 2.45) is 0 Å². The fourth-order valence-corrected chi connectivity index (χ4v) is 2.91. The highest BCUT2D eigenvalue weighted by Crippen LogP contribution is 2.34. The molecule has 116 valence electrons. The average Bonchev–Trinajstić information content (AvgIpc) is 2.46. The minimum absolute atomic E-state index is 0.108. The van der Waals surface area contributed by atoms with Crippen molar-refractivity contribution >= 4 is 33.7 Å². The van der Waals surface area contributed by atoms with Crippen molar-refractivity contribution in [2.45, 2.75) is 27.7 Å². The second-order valence-electron chi connectivity index (χ2n) is 5.41. The normalized spacial score (nSPS) is 10.7. The third kappa shape index (κ3) is 2.69. The number of hydrogen-bond acceptors (Lipinski definition) is 4. The smallest absolute Gasteiger partial charge is 0.161 e. The Morgan fingerprint density at radius 2 is 1.64 bits per heavy atom. The van der Waals surface area contributed by atoms with Crippen molar-refractivity contribution in [3.8, 4) is 0 Å². The highest BCUT2D eigenvalue weighted by atomic mass is 16.1. The van der Waals surface area contributed by atoms with Crippen LogP contribution in [-0.2, 0) is 0 Å². The van der Waals surface area contributed by atoms with E-state index in [-0.39, 0.29) is 11.6 Å². The van der Waals surface area contributed by atoms with Crippen LogP contribution in [0.25, 0.3) is 10.8 Å². The number of carbonyl (C=O) groups is 2. The van der Waals surface area contributed by atoms with Gasteiger partial charge in [-0.25, -0.2) is 0 Å². The van der Waals surface area contributed by atoms with Gasteiger partial charge in [-0.2, -0.15) is 0 Å². The number of rotatable bonds is 5. The van der Waals surface area contributed by atoms with Crippen LogP contribution in [0, 0.1) is 0 Å². The van der Waals surface area contributed by atoms with Gasteiger partial charge in [-0.05, 0) is 51.3 Å². The number of hydrogen-bond donors (Lipinski definition) is 1. The number of ketones is 2. The monoisotopic (exact) mass is 298 g/mol. The molecule has 0 amide bonds. The number of nitrogens with two attached hydrogens (primary N) is 1. The molecule has 0 bridgehead atoms. The van der Waals surface area contributed by atoms with Crippen molar-refractivity contribution < 1.29 is 9.59 Å². The van der Waals surface area contributed by atoms with Gasteiger partial charge in [-0.15, -0.1) is 0 Å². The van der Waals surface area contributed by atoms with Gasteiger partial charge < -0.3 is 10.6 Å². The molecule has 0 aliphatic carbocycles. The molecule has 4 heteroatoms. The number of Topliss-reactive ketones (excluding diaryl/α,β-unsaturated/α-hetero) is 2. The van der Waals surface area contributed by atoms with Crippen LogP contribution in [-0.4, -0.2) is 24.7 Å². The summed E-state index contributed by atoms with van der Waals surface area (Å²) in [6.45, 7) is 8.77. The molecule has 0 atom stereocenters. The molecular formula is C18H22N2O2. The molecule has 0 radical (unpaired) electrons. The number of fused-ring (bicyclic) bond motifs is 1. The van der Waals surface area contributed by atoms with Crippen LogP contribution in [0.4, 0.5) is 11.4 Å². The molecule has 0 saturated heterocycles. The zero-order valence-electron chi connectivity index (χ0n) is 13.6. The third-order valence-corrected chi connectivity index (χ3v) is 3.97. The maximum atomic E-state index is 12.1. The van der Waals surface area contributed by atoms with Gasteiger partial charge in [0.2, 0.25) is 0 Å². The standard InChI is InChI=1S/C18H22N2O2/c1-5-20(6-2)17-10-15(11(3)21)18(12(4)22)16-9-13(19)7-8-14(16)17/h7-10H,5-6,19H2,1-4H3. The number of benzene rings is 2. The second kappa shape index (κ2) is 6.18. The Hall–Kier alpha value is -2.36. The lowest BCUT2D eigenvalue weighted by atomic mass is 9.92. The van der Waals surface area contributed by atoms with E-state index in [4.69, 9.17) is 5.73 Å². The SMILES string of the molecule is CCN(CC)c1cc(C(C)=O)c(C(C)=O)c2cc(N)ccc12. The van der Waals surface area contributed by atoms with E-state index in [9.17, 15) is 9.59 Å². The maximum absolute atomic E-state index is 12.1. The topological polar surface area (TPSA) is 63.4 Å². The van der Waals surface area contributed by atoms with E-state index in [0.717, 1.165) is 29.5 Å². The average molecular weight is 298 g/mol. The number of nitrogen functional groups attached to an aromatic ring is 1. The first-order chi connectivity index (χ1) is 10.4. The Bertz CT molecular complexity index is 746. The Labute approximate surface area is 130 Å². The summed E-state index contributed by atoms with van der Waals surface area (Å²) in [6.07, 6.45) is 0. The fraction of sp³-hybridized carbons (Fsp3) is 0.333. The van der Waals surface area contributed by atoms with Gasteiger partial charge in [0.1, 0.15) is 0 Å². The van der Waals surface area contributed by atoms with Gasteiger partial charge in [0.25, 0.3) is 0 Å². The van der Waals surface area contributed by atoms with E-state index in [1.807, 2.05) is 18.2 Å². The van der Waals surface area contributed by atoms with Crippen LogP contribution >= 0.6 is 0 Å². The molecule has 0 aliphatic heterocycles. The summed E-state index contributed by atoms with van der Waals surface area (Å²) in [6, 6.07) is 7.37. The summed E-state index contributed by atoms with van der Waals surface area (Å²) >= 11 is 0. The van der Waals surface area contributed by atoms with Gasteiger partial charge in [0, 0.05) is 41.0 Å². The molecule has 4 nitrogen and oxygen atoms in total. The van der Waals surface area contributed by atoms with E-state index < -0.39 is 0 Å². The van der Waals surface area contributed by atoms with Crippen molar-refractivity contribution in [3.63, 3.8) is 0 Å². The van der Waals surface area contributed by atoms with E-state index in [1.165, 1.54) is 13.8 Å². The molecule has 0 aromatic heterocycles. The van der Waals surface area contributed by atoms with Gasteiger partial charge >= 0.3 is 0 Å². The lowest BCUT2D eigenvalue weighted by molar-refractivity contribution is 0.0982. The van der Waals surface area contributed by atoms with Crippen molar-refractivity contribution in [3.05, 3.63) is 35.4 Å². The molecule has 2 N–H and O–H groups in total. The molecule has 0 aliphatic rings. The lowest BCUT2D eigenvalue weighted by Crippen LogP contribution is -2.23. The zero-order valence-corrected chi connectivity index (χ0v) is 13.6. The second-order valence-corrected chi connectivity index (χ2v) is 5.41. The highest BCUT2D eigenvalue weighted by Gasteiger charge is 2.20. The van der Waals surface area contributed by atoms with Crippen LogP contribution in [0.1, 0.15) is 48.4 Å². The number of anilines is 2. The predicted molar refractivity (Wildman–Crippen MR) is 91.9 cm³/mol. The van der Waals surface area contributed by atoms with Crippen molar-refractivity contribution in [2.75, 3.05) is 23.7 Å². The quantitative estimate of drug-likeness (QED) is 0.675. The van der Waals surface area contributed by atoms with Crippen LogP contribution < -0.4 is 10.6 Å². The van der Waals surface area contributed by atoms with Crippen molar-refractivity contribution in [1.82, 2.24) is 0 Å². The molecule has 22 heavy (non-hydrogen) atoms. The minimum Gasteiger partial charge on any atom is -0.399 e. The van der Waals surface area contributed by atoms with Gasteiger partial charge in [0.05, 0.1) is 0 Å². The molecule has 2 rings (SSSR count). The van der Waals surface area contributed by atoms with E-state index in [0.29, 0.717) is 16.8 Å². The Morgan fingerprint density at radius 1 is 1.00 bits per heavy atom. The maximum Gasteiger partial charge on any atom is 0.161 e. The van der Waals surface area contributed by atoms with Gasteiger partial charge in [0.15, 0.2) is 11.6 Å². The summed E-state index contributed by atoms with van der Waals surface area (Å²) in [7, 11) is 0. The minimum atomic E-state index is -0.119. The first-order valence-corrected chi connectivity index (χ1v) is 7.53. The number of carbonyl (C=O) groups excluding carboxylic acids is 2. The molecule has 2 aromatic rings. The molecule has 0 saturated carbocycles.